The molecule has 0 aliphatic carbocycles. The highest BCUT2D eigenvalue weighted by Crippen LogP contribution is 2.24. The lowest BCUT2D eigenvalue weighted by molar-refractivity contribution is 0.795. The van der Waals surface area contributed by atoms with Crippen molar-refractivity contribution in [1.29, 1.82) is 0 Å². The van der Waals surface area contributed by atoms with Crippen molar-refractivity contribution in [3.63, 3.8) is 0 Å². The molecule has 21 heavy (non-hydrogen) atoms. The van der Waals surface area contributed by atoms with E-state index in [1.54, 1.807) is 0 Å². The van der Waals surface area contributed by atoms with Gasteiger partial charge in [0.25, 0.3) is 0 Å². The minimum absolute atomic E-state index is 1.05. The molecule has 0 bridgehead atoms. The second-order valence-electron chi connectivity index (χ2n) is 6.34. The minimum atomic E-state index is 1.05. The zero-order chi connectivity index (χ0) is 15.4. The Balaban J connectivity index is 2.22. The van der Waals surface area contributed by atoms with E-state index in [4.69, 9.17) is 0 Å². The number of hydrogen-bond donors (Lipinski definition) is 0. The van der Waals surface area contributed by atoms with E-state index in [1.165, 1.54) is 58.2 Å². The quantitative estimate of drug-likeness (QED) is 0.644. The van der Waals surface area contributed by atoms with Gasteiger partial charge < -0.3 is 0 Å². The number of aryl methyl sites for hydroxylation is 3. The number of rotatable bonds is 5. The summed E-state index contributed by atoms with van der Waals surface area (Å²) in [7, 11) is 0. The van der Waals surface area contributed by atoms with Gasteiger partial charge in [0.05, 0.1) is 0 Å². The lowest BCUT2D eigenvalue weighted by Gasteiger charge is -2.15. The fourth-order valence-electron chi connectivity index (χ4n) is 2.97. The van der Waals surface area contributed by atoms with Crippen LogP contribution in [0.15, 0.2) is 30.3 Å². The molecule has 0 amide bonds. The van der Waals surface area contributed by atoms with Gasteiger partial charge in [-0.05, 0) is 85.9 Å². The largest absolute Gasteiger partial charge is 0.0654 e. The molecule has 0 saturated heterocycles. The molecular formula is C21H28. The van der Waals surface area contributed by atoms with Crippen molar-refractivity contribution in [2.24, 2.45) is 0 Å². The highest BCUT2D eigenvalue weighted by atomic mass is 14.1. The Morgan fingerprint density at radius 1 is 0.762 bits per heavy atom. The van der Waals surface area contributed by atoms with Crippen LogP contribution >= 0.6 is 0 Å². The van der Waals surface area contributed by atoms with Crippen molar-refractivity contribution >= 4 is 0 Å². The third-order valence-electron chi connectivity index (χ3n) is 4.74. The minimum Gasteiger partial charge on any atom is -0.0654 e. The summed E-state index contributed by atoms with van der Waals surface area (Å²) in [6, 6.07) is 11.5. The lowest BCUT2D eigenvalue weighted by atomic mass is 9.90. The lowest BCUT2D eigenvalue weighted by Crippen LogP contribution is -2.00. The average Bonchev–Trinajstić information content (AvgIpc) is 2.49. The van der Waals surface area contributed by atoms with Gasteiger partial charge in [0, 0.05) is 0 Å². The Bertz CT molecular complexity index is 577. The molecule has 0 saturated carbocycles. The molecule has 0 heteroatoms. The Morgan fingerprint density at radius 2 is 1.29 bits per heavy atom. The maximum Gasteiger partial charge on any atom is -0.00203 e. The summed E-state index contributed by atoms with van der Waals surface area (Å²) >= 11 is 0. The fourth-order valence-corrected chi connectivity index (χ4v) is 2.97. The standard InChI is InChI=1S/C21H28/c1-6-7-8-19-9-11-20(12-10-19)14-21-17(4)15(2)13-16(3)18(21)5/h9-13H,6-8,14H2,1-5H3. The van der Waals surface area contributed by atoms with Gasteiger partial charge in [-0.15, -0.1) is 0 Å². The molecule has 0 heterocycles. The monoisotopic (exact) mass is 280 g/mol. The van der Waals surface area contributed by atoms with Gasteiger partial charge in [0.15, 0.2) is 0 Å². The molecule has 2 aromatic carbocycles. The normalized spacial score (nSPS) is 10.9. The molecule has 0 aliphatic heterocycles. The fraction of sp³-hybridized carbons (Fsp3) is 0.429. The molecule has 0 radical (unpaired) electrons. The first kappa shape index (κ1) is 15.8. The van der Waals surface area contributed by atoms with E-state index in [-0.39, 0.29) is 0 Å². The third kappa shape index (κ3) is 3.75. The number of benzene rings is 2. The summed E-state index contributed by atoms with van der Waals surface area (Å²) in [6.07, 6.45) is 4.81. The van der Waals surface area contributed by atoms with Crippen LogP contribution in [0.5, 0.6) is 0 Å². The van der Waals surface area contributed by atoms with Crippen molar-refractivity contribution < 1.29 is 0 Å². The molecule has 0 N–H and O–H groups in total. The Labute approximate surface area is 130 Å². The topological polar surface area (TPSA) is 0 Å². The third-order valence-corrected chi connectivity index (χ3v) is 4.74. The SMILES string of the molecule is CCCCc1ccc(Cc2c(C)c(C)cc(C)c2C)cc1. The Hall–Kier alpha value is -1.56. The van der Waals surface area contributed by atoms with Crippen molar-refractivity contribution in [1.82, 2.24) is 0 Å². The Morgan fingerprint density at radius 3 is 1.81 bits per heavy atom. The predicted molar refractivity (Wildman–Crippen MR) is 93.3 cm³/mol. The van der Waals surface area contributed by atoms with E-state index in [0.717, 1.165) is 6.42 Å². The predicted octanol–water partition coefficient (Wildman–Crippen LogP) is 5.85. The van der Waals surface area contributed by atoms with Gasteiger partial charge in [-0.25, -0.2) is 0 Å². The molecule has 2 rings (SSSR count). The van der Waals surface area contributed by atoms with Gasteiger partial charge in [-0.1, -0.05) is 43.7 Å². The van der Waals surface area contributed by atoms with Crippen LogP contribution in [0.4, 0.5) is 0 Å². The summed E-state index contributed by atoms with van der Waals surface area (Å²) < 4.78 is 0. The van der Waals surface area contributed by atoms with E-state index < -0.39 is 0 Å². The first-order chi connectivity index (χ1) is 10.0. The van der Waals surface area contributed by atoms with Crippen LogP contribution in [0, 0.1) is 27.7 Å². The summed E-state index contributed by atoms with van der Waals surface area (Å²) in [5, 5.41) is 0. The van der Waals surface area contributed by atoms with Crippen LogP contribution in [0.2, 0.25) is 0 Å². The van der Waals surface area contributed by atoms with Gasteiger partial charge in [-0.2, -0.15) is 0 Å². The second-order valence-corrected chi connectivity index (χ2v) is 6.34. The molecule has 0 unspecified atom stereocenters. The average molecular weight is 280 g/mol. The van der Waals surface area contributed by atoms with Crippen LogP contribution in [-0.2, 0) is 12.8 Å². The van der Waals surface area contributed by atoms with Crippen LogP contribution in [-0.4, -0.2) is 0 Å². The molecule has 0 fully saturated rings. The molecular weight excluding hydrogens is 252 g/mol. The van der Waals surface area contributed by atoms with Gasteiger partial charge in [-0.3, -0.25) is 0 Å². The highest BCUT2D eigenvalue weighted by Gasteiger charge is 2.09. The smallest absolute Gasteiger partial charge is 0.00203 e. The van der Waals surface area contributed by atoms with Crippen molar-refractivity contribution in [3.8, 4) is 0 Å². The first-order valence-electron chi connectivity index (χ1n) is 8.17. The summed E-state index contributed by atoms with van der Waals surface area (Å²) in [4.78, 5) is 0. The van der Waals surface area contributed by atoms with Gasteiger partial charge in [0.2, 0.25) is 0 Å². The number of unbranched alkanes of at least 4 members (excludes halogenated alkanes) is 1. The Kier molecular flexibility index (Phi) is 5.22. The molecule has 0 nitrogen and oxygen atoms in total. The molecule has 0 atom stereocenters. The molecule has 0 spiro atoms. The highest BCUT2D eigenvalue weighted by molar-refractivity contribution is 5.46. The first-order valence-corrected chi connectivity index (χ1v) is 8.17. The summed E-state index contributed by atoms with van der Waals surface area (Å²) in [5.41, 5.74) is 10.1. The van der Waals surface area contributed by atoms with Crippen LogP contribution in [0.3, 0.4) is 0 Å². The van der Waals surface area contributed by atoms with E-state index in [0.29, 0.717) is 0 Å². The molecule has 112 valence electrons. The molecule has 0 aliphatic rings. The van der Waals surface area contributed by atoms with Crippen LogP contribution in [0.1, 0.15) is 58.7 Å². The summed E-state index contributed by atoms with van der Waals surface area (Å²) in [5.74, 6) is 0. The summed E-state index contributed by atoms with van der Waals surface area (Å²) in [6.45, 7) is 11.2. The van der Waals surface area contributed by atoms with E-state index in [1.807, 2.05) is 0 Å². The van der Waals surface area contributed by atoms with E-state index in [2.05, 4.69) is 65.0 Å². The second kappa shape index (κ2) is 6.93. The van der Waals surface area contributed by atoms with Crippen LogP contribution in [0.25, 0.3) is 0 Å². The van der Waals surface area contributed by atoms with E-state index >= 15 is 0 Å². The van der Waals surface area contributed by atoms with Crippen LogP contribution < -0.4 is 0 Å². The maximum atomic E-state index is 2.31. The van der Waals surface area contributed by atoms with Gasteiger partial charge >= 0.3 is 0 Å². The van der Waals surface area contributed by atoms with Crippen molar-refractivity contribution in [2.75, 3.05) is 0 Å². The molecule has 2 aromatic rings. The zero-order valence-electron chi connectivity index (χ0n) is 14.2. The number of hydrogen-bond acceptors (Lipinski definition) is 0. The van der Waals surface area contributed by atoms with E-state index in [9.17, 15) is 0 Å². The van der Waals surface area contributed by atoms with Crippen molar-refractivity contribution in [2.45, 2.75) is 60.3 Å². The van der Waals surface area contributed by atoms with Gasteiger partial charge in [0.1, 0.15) is 0 Å². The molecule has 0 aromatic heterocycles. The van der Waals surface area contributed by atoms with Crippen molar-refractivity contribution in [3.05, 3.63) is 69.3 Å². The zero-order valence-corrected chi connectivity index (χ0v) is 14.2. The maximum absolute atomic E-state index is 2.31.